The van der Waals surface area contributed by atoms with Gasteiger partial charge in [-0.15, -0.1) is 0 Å². The summed E-state index contributed by atoms with van der Waals surface area (Å²) < 4.78 is 0. The van der Waals surface area contributed by atoms with E-state index in [4.69, 9.17) is 0 Å². The molecule has 0 N–H and O–H groups in total. The topological polar surface area (TPSA) is 0 Å². The highest BCUT2D eigenvalue weighted by Gasteiger charge is 2.07. The van der Waals surface area contributed by atoms with Crippen molar-refractivity contribution in [1.82, 2.24) is 0 Å². The van der Waals surface area contributed by atoms with Crippen LogP contribution in [-0.4, -0.2) is 10.5 Å². The third-order valence-electron chi connectivity index (χ3n) is 1.23. The molecule has 0 aliphatic carbocycles. The highest BCUT2D eigenvalue weighted by Crippen LogP contribution is 2.10. The predicted molar refractivity (Wildman–Crippen MR) is 53.8 cm³/mol. The molecular weight excluding hydrogens is 271 g/mol. The molecule has 0 atom stereocenters. The number of rotatable bonds is 2. The van der Waals surface area contributed by atoms with Crippen LogP contribution in [0.25, 0.3) is 0 Å². The van der Waals surface area contributed by atoms with E-state index in [1.54, 1.807) is 0 Å². The van der Waals surface area contributed by atoms with Crippen LogP contribution >= 0.6 is 28.1 Å². The third-order valence-corrected chi connectivity index (χ3v) is 3.96. The van der Waals surface area contributed by atoms with Crippen molar-refractivity contribution >= 4 is 38.6 Å². The van der Waals surface area contributed by atoms with E-state index in [9.17, 15) is 0 Å². The molecule has 0 nitrogen and oxygen atoms in total. The van der Waals surface area contributed by atoms with Crippen LogP contribution in [-0.2, 0) is 5.28 Å². The highest BCUT2D eigenvalue weighted by atomic mass is 79.9. The van der Waals surface area contributed by atoms with E-state index in [1.807, 2.05) is 6.07 Å². The van der Waals surface area contributed by atoms with Crippen LogP contribution in [0.4, 0.5) is 0 Å². The van der Waals surface area contributed by atoms with E-state index in [1.165, 1.54) is 10.8 Å². The molecule has 0 heterocycles. The normalized spacial score (nSPS) is 9.40. The molecule has 0 fully saturated rings. The van der Waals surface area contributed by atoms with Gasteiger partial charge in [-0.3, -0.25) is 0 Å². The number of hydrogen-bond acceptors (Lipinski definition) is 0. The molecule has 52 valence electrons. The Morgan fingerprint density at radius 1 is 1.10 bits per heavy atom. The van der Waals surface area contributed by atoms with Gasteiger partial charge in [0.2, 0.25) is 0 Å². The molecule has 0 saturated carbocycles. The van der Waals surface area contributed by atoms with Crippen molar-refractivity contribution in [1.29, 1.82) is 0 Å². The van der Waals surface area contributed by atoms with Crippen molar-refractivity contribution in [2.24, 2.45) is 0 Å². The summed E-state index contributed by atoms with van der Waals surface area (Å²) in [5.41, 5.74) is 1.41. The maximum atomic E-state index is 3.57. The minimum absolute atomic E-state index is 0.772. The van der Waals surface area contributed by atoms with E-state index in [0.29, 0.717) is 0 Å². The number of hydrogen-bond donors (Lipinski definition) is 0. The van der Waals surface area contributed by atoms with E-state index in [0.717, 1.165) is 0 Å². The maximum absolute atomic E-state index is 3.57. The Kier molecular flexibility index (Phi) is 4.02. The molecule has 1 rings (SSSR count). The Bertz CT molecular complexity index is 186. The van der Waals surface area contributed by atoms with Gasteiger partial charge in [-0.1, -0.05) is 35.9 Å². The van der Waals surface area contributed by atoms with Crippen molar-refractivity contribution in [3.63, 3.8) is 0 Å². The fourth-order valence-electron chi connectivity index (χ4n) is 0.792. The summed E-state index contributed by atoms with van der Waals surface area (Å²) in [6, 6.07) is 10.5. The smallest absolute Gasteiger partial charge is 0.197 e. The maximum Gasteiger partial charge on any atom is 0.460 e. The van der Waals surface area contributed by atoms with Gasteiger partial charge in [-0.25, -0.2) is 0 Å². The molecule has 0 spiro atoms. The van der Waals surface area contributed by atoms with Gasteiger partial charge < -0.3 is 0 Å². The van der Waals surface area contributed by atoms with Crippen LogP contribution in [0.2, 0.25) is 0 Å². The molecule has 0 radical (unpaired) electrons. The second-order valence-electron chi connectivity index (χ2n) is 2.08. The van der Waals surface area contributed by atoms with Gasteiger partial charge >= 0.3 is 10.5 Å². The standard InChI is InChI=1S/C7H7.Al.2BrH/c1-7-5-3-2-4-6-7;;;/h2-6H,1H2;;2*1H/q;+2;;/p-2. The Labute approximate surface area is 79.3 Å². The second kappa shape index (κ2) is 4.56. The first-order valence-corrected chi connectivity index (χ1v) is 10.3. The SMILES string of the molecule is [Br][Al]([Br])[CH2]c1ccccc1. The van der Waals surface area contributed by atoms with E-state index in [2.05, 4.69) is 52.4 Å². The van der Waals surface area contributed by atoms with Crippen LogP contribution in [0.1, 0.15) is 5.56 Å². The fourth-order valence-corrected chi connectivity index (χ4v) is 3.66. The molecule has 0 bridgehead atoms. The van der Waals surface area contributed by atoms with Gasteiger partial charge in [0.05, 0.1) is 0 Å². The van der Waals surface area contributed by atoms with Crippen molar-refractivity contribution in [3.8, 4) is 0 Å². The molecule has 1 aromatic rings. The molecule has 0 saturated heterocycles. The summed E-state index contributed by atoms with van der Waals surface area (Å²) >= 11 is 7.13. The van der Waals surface area contributed by atoms with E-state index >= 15 is 0 Å². The Morgan fingerprint density at radius 2 is 1.70 bits per heavy atom. The van der Waals surface area contributed by atoms with Crippen LogP contribution in [0.15, 0.2) is 30.3 Å². The van der Waals surface area contributed by atoms with Gasteiger partial charge in [-0.05, 0) is 5.28 Å². The zero-order chi connectivity index (χ0) is 7.40. The van der Waals surface area contributed by atoms with Gasteiger partial charge in [0.1, 0.15) is 0 Å². The van der Waals surface area contributed by atoms with Crippen LogP contribution in [0.3, 0.4) is 0 Å². The lowest BCUT2D eigenvalue weighted by molar-refractivity contribution is 1.40. The zero-order valence-electron chi connectivity index (χ0n) is 5.43. The van der Waals surface area contributed by atoms with Crippen LogP contribution < -0.4 is 0 Å². The molecule has 10 heavy (non-hydrogen) atoms. The second-order valence-corrected chi connectivity index (χ2v) is 13.6. The minimum Gasteiger partial charge on any atom is -0.197 e. The molecule has 3 heteroatoms. The molecular formula is C7H7AlBr2. The minimum atomic E-state index is -0.772. The van der Waals surface area contributed by atoms with E-state index < -0.39 is 10.5 Å². The zero-order valence-corrected chi connectivity index (χ0v) is 9.75. The van der Waals surface area contributed by atoms with Crippen molar-refractivity contribution in [2.45, 2.75) is 5.28 Å². The summed E-state index contributed by atoms with van der Waals surface area (Å²) in [5, 5.41) is 1.17. The van der Waals surface area contributed by atoms with Gasteiger partial charge in [-0.2, -0.15) is 28.1 Å². The molecule has 0 aromatic heterocycles. The summed E-state index contributed by atoms with van der Waals surface area (Å²) in [4.78, 5) is 0. The lowest BCUT2D eigenvalue weighted by atomic mass is 10.2. The molecule has 1 aromatic carbocycles. The number of halogens is 2. The van der Waals surface area contributed by atoms with Gasteiger partial charge in [0.15, 0.2) is 0 Å². The van der Waals surface area contributed by atoms with Crippen molar-refractivity contribution < 1.29 is 0 Å². The molecule has 0 amide bonds. The summed E-state index contributed by atoms with van der Waals surface area (Å²) in [5.74, 6) is 0. The largest absolute Gasteiger partial charge is 0.460 e. The predicted octanol–water partition coefficient (Wildman–Crippen LogP) is 3.05. The lowest BCUT2D eigenvalue weighted by Gasteiger charge is -1.95. The first kappa shape index (κ1) is 8.81. The molecule has 0 aliphatic rings. The Morgan fingerprint density at radius 3 is 2.20 bits per heavy atom. The van der Waals surface area contributed by atoms with Crippen molar-refractivity contribution in [2.75, 3.05) is 0 Å². The van der Waals surface area contributed by atoms with Crippen LogP contribution in [0, 0.1) is 0 Å². The van der Waals surface area contributed by atoms with Crippen LogP contribution in [0.5, 0.6) is 0 Å². The Hall–Kier alpha value is 0.712. The first-order chi connectivity index (χ1) is 4.79. The number of benzene rings is 1. The molecule has 0 aliphatic heterocycles. The summed E-state index contributed by atoms with van der Waals surface area (Å²) in [7, 11) is -0.772. The fraction of sp³-hybridized carbons (Fsp3) is 0.143. The third kappa shape index (κ3) is 3.21. The van der Waals surface area contributed by atoms with E-state index in [-0.39, 0.29) is 0 Å². The quantitative estimate of drug-likeness (QED) is 0.729. The highest BCUT2D eigenvalue weighted by molar-refractivity contribution is 9.49. The summed E-state index contributed by atoms with van der Waals surface area (Å²) in [6.45, 7) is 0. The molecule has 0 unspecified atom stereocenters. The lowest BCUT2D eigenvalue weighted by Crippen LogP contribution is -1.96. The summed E-state index contributed by atoms with van der Waals surface area (Å²) in [6.07, 6.45) is 0. The van der Waals surface area contributed by atoms with Crippen molar-refractivity contribution in [3.05, 3.63) is 35.9 Å². The monoisotopic (exact) mass is 276 g/mol. The van der Waals surface area contributed by atoms with Gasteiger partial charge in [0, 0.05) is 0 Å². The first-order valence-electron chi connectivity index (χ1n) is 3.11. The Balaban J connectivity index is 2.59. The average molecular weight is 278 g/mol. The average Bonchev–Trinajstić information content (AvgIpc) is 1.88. The van der Waals surface area contributed by atoms with Gasteiger partial charge in [0.25, 0.3) is 0 Å².